The Morgan fingerprint density at radius 1 is 1.05 bits per heavy atom. The SMILES string of the molecule is C=CCc1cc(/C=C2\C(=O)NC(=O)N(c3ccc4c(c3)OCO4)C2=O)cc(OC)c1OCc1ccc(F)cc1. The fourth-order valence-corrected chi connectivity index (χ4v) is 4.21. The van der Waals surface area contributed by atoms with Gasteiger partial charge >= 0.3 is 6.03 Å². The van der Waals surface area contributed by atoms with Crippen LogP contribution in [0.4, 0.5) is 14.9 Å². The topological polar surface area (TPSA) is 103 Å². The fraction of sp³-hybridized carbons (Fsp3) is 0.138. The Bertz CT molecular complexity index is 1510. The lowest BCUT2D eigenvalue weighted by Gasteiger charge is -2.26. The molecule has 39 heavy (non-hydrogen) atoms. The predicted octanol–water partition coefficient (Wildman–Crippen LogP) is 4.54. The summed E-state index contributed by atoms with van der Waals surface area (Å²) in [6, 6.07) is 13.0. The first-order valence-corrected chi connectivity index (χ1v) is 11.9. The average molecular weight is 531 g/mol. The van der Waals surface area contributed by atoms with Gasteiger partial charge in [0.1, 0.15) is 18.0 Å². The van der Waals surface area contributed by atoms with Gasteiger partial charge in [-0.25, -0.2) is 14.1 Å². The van der Waals surface area contributed by atoms with Crippen LogP contribution in [0.15, 0.2) is 72.8 Å². The first-order valence-electron chi connectivity index (χ1n) is 11.9. The van der Waals surface area contributed by atoms with Crippen molar-refractivity contribution in [3.63, 3.8) is 0 Å². The number of ether oxygens (including phenoxy) is 4. The van der Waals surface area contributed by atoms with Crippen molar-refractivity contribution in [3.8, 4) is 23.0 Å². The van der Waals surface area contributed by atoms with Gasteiger partial charge < -0.3 is 18.9 Å². The molecule has 3 aromatic rings. The molecular formula is C29H23FN2O7. The van der Waals surface area contributed by atoms with Gasteiger partial charge in [0.2, 0.25) is 6.79 Å². The van der Waals surface area contributed by atoms with Crippen LogP contribution in [0.25, 0.3) is 6.08 Å². The maximum absolute atomic E-state index is 13.4. The molecule has 1 N–H and O–H groups in total. The van der Waals surface area contributed by atoms with E-state index in [0.29, 0.717) is 40.5 Å². The minimum atomic E-state index is -0.879. The molecule has 0 aliphatic carbocycles. The Morgan fingerprint density at radius 2 is 1.82 bits per heavy atom. The molecule has 2 aliphatic heterocycles. The van der Waals surface area contributed by atoms with Crippen molar-refractivity contribution >= 4 is 29.6 Å². The lowest BCUT2D eigenvalue weighted by atomic mass is 10.0. The number of carbonyl (C=O) groups excluding carboxylic acids is 3. The molecule has 2 heterocycles. The van der Waals surface area contributed by atoms with Gasteiger partial charge in [0.05, 0.1) is 12.8 Å². The highest BCUT2D eigenvalue weighted by molar-refractivity contribution is 6.39. The lowest BCUT2D eigenvalue weighted by molar-refractivity contribution is -0.122. The first-order chi connectivity index (χ1) is 18.9. The molecule has 10 heteroatoms. The van der Waals surface area contributed by atoms with Crippen molar-refractivity contribution in [2.75, 3.05) is 18.8 Å². The monoisotopic (exact) mass is 530 g/mol. The standard InChI is InChI=1S/C29H23FN2O7/c1-3-4-19-11-18(13-25(36-2)26(19)37-15-17-5-7-20(30)8-6-17)12-22-27(33)31-29(35)32(28(22)34)21-9-10-23-24(14-21)39-16-38-23/h3,5-14H,1,4,15-16H2,2H3,(H,31,33,35)/b22-12+. The van der Waals surface area contributed by atoms with Gasteiger partial charge in [0, 0.05) is 11.6 Å². The molecule has 2 aliphatic rings. The largest absolute Gasteiger partial charge is 0.493 e. The maximum Gasteiger partial charge on any atom is 0.335 e. The Labute approximate surface area is 223 Å². The number of benzene rings is 3. The quantitative estimate of drug-likeness (QED) is 0.259. The molecule has 0 atom stereocenters. The van der Waals surface area contributed by atoms with Crippen molar-refractivity contribution in [1.29, 1.82) is 0 Å². The molecule has 1 saturated heterocycles. The average Bonchev–Trinajstić information content (AvgIpc) is 3.39. The fourth-order valence-electron chi connectivity index (χ4n) is 4.21. The first kappa shape index (κ1) is 25.5. The lowest BCUT2D eigenvalue weighted by Crippen LogP contribution is -2.54. The van der Waals surface area contributed by atoms with Crippen LogP contribution in [-0.4, -0.2) is 31.7 Å². The van der Waals surface area contributed by atoms with Gasteiger partial charge in [-0.15, -0.1) is 6.58 Å². The smallest absolute Gasteiger partial charge is 0.335 e. The van der Waals surface area contributed by atoms with Crippen molar-refractivity contribution in [1.82, 2.24) is 5.32 Å². The molecule has 0 spiro atoms. The number of fused-ring (bicyclic) bond motifs is 1. The van der Waals surface area contributed by atoms with Crippen LogP contribution in [0.2, 0.25) is 0 Å². The van der Waals surface area contributed by atoms with Crippen LogP contribution in [0.1, 0.15) is 16.7 Å². The van der Waals surface area contributed by atoms with E-state index < -0.39 is 17.8 Å². The third-order valence-corrected chi connectivity index (χ3v) is 6.06. The summed E-state index contributed by atoms with van der Waals surface area (Å²) in [6.07, 6.45) is 3.45. The van der Waals surface area contributed by atoms with Crippen LogP contribution in [0, 0.1) is 5.82 Å². The number of allylic oxidation sites excluding steroid dienone is 1. The number of imide groups is 2. The minimum Gasteiger partial charge on any atom is -0.493 e. The van der Waals surface area contributed by atoms with Crippen molar-refractivity contribution in [2.24, 2.45) is 0 Å². The molecule has 0 radical (unpaired) electrons. The molecular weight excluding hydrogens is 507 g/mol. The van der Waals surface area contributed by atoms with E-state index in [1.165, 1.54) is 37.5 Å². The predicted molar refractivity (Wildman–Crippen MR) is 139 cm³/mol. The second kappa shape index (κ2) is 10.7. The van der Waals surface area contributed by atoms with Crippen LogP contribution >= 0.6 is 0 Å². The molecule has 198 valence electrons. The number of carbonyl (C=O) groups is 3. The molecule has 3 aromatic carbocycles. The molecule has 0 aromatic heterocycles. The number of nitrogens with one attached hydrogen (secondary N) is 1. The van der Waals surface area contributed by atoms with Crippen LogP contribution in [0.5, 0.6) is 23.0 Å². The van der Waals surface area contributed by atoms with E-state index in [1.807, 2.05) is 0 Å². The number of amides is 4. The summed E-state index contributed by atoms with van der Waals surface area (Å²) in [5.41, 5.74) is 1.88. The zero-order chi connectivity index (χ0) is 27.5. The highest BCUT2D eigenvalue weighted by Crippen LogP contribution is 2.37. The number of barbiturate groups is 1. The number of urea groups is 1. The van der Waals surface area contributed by atoms with Crippen LogP contribution in [-0.2, 0) is 22.6 Å². The third kappa shape index (κ3) is 5.17. The third-order valence-electron chi connectivity index (χ3n) is 6.06. The Kier molecular flexibility index (Phi) is 7.00. The van der Waals surface area contributed by atoms with Crippen LogP contribution in [0.3, 0.4) is 0 Å². The number of hydrogen-bond donors (Lipinski definition) is 1. The normalized spacial score (nSPS) is 15.4. The maximum atomic E-state index is 13.4. The Hall–Kier alpha value is -5.12. The zero-order valence-corrected chi connectivity index (χ0v) is 20.9. The number of methoxy groups -OCH3 is 1. The minimum absolute atomic E-state index is 0.0288. The van der Waals surface area contributed by atoms with Crippen molar-refractivity contribution < 1.29 is 37.7 Å². The summed E-state index contributed by atoms with van der Waals surface area (Å²) in [6.45, 7) is 3.98. The zero-order valence-electron chi connectivity index (χ0n) is 20.9. The van der Waals surface area contributed by atoms with Gasteiger partial charge in [-0.05, 0) is 60.0 Å². The summed E-state index contributed by atoms with van der Waals surface area (Å²) in [5, 5.41) is 2.21. The molecule has 0 saturated carbocycles. The number of hydrogen-bond acceptors (Lipinski definition) is 7. The second-order valence-corrected chi connectivity index (χ2v) is 8.61. The van der Waals surface area contributed by atoms with E-state index in [1.54, 1.807) is 36.4 Å². The summed E-state index contributed by atoms with van der Waals surface area (Å²) in [7, 11) is 1.47. The van der Waals surface area contributed by atoms with Gasteiger partial charge in [0.25, 0.3) is 11.8 Å². The van der Waals surface area contributed by atoms with Crippen molar-refractivity contribution in [2.45, 2.75) is 13.0 Å². The summed E-state index contributed by atoms with van der Waals surface area (Å²) in [4.78, 5) is 39.5. The number of halogens is 1. The van der Waals surface area contributed by atoms with E-state index in [0.717, 1.165) is 10.5 Å². The van der Waals surface area contributed by atoms with E-state index in [4.69, 9.17) is 18.9 Å². The van der Waals surface area contributed by atoms with Gasteiger partial charge in [0.15, 0.2) is 23.0 Å². The number of nitrogens with zero attached hydrogens (tertiary/aromatic N) is 1. The van der Waals surface area contributed by atoms with Crippen LogP contribution < -0.4 is 29.2 Å². The molecule has 0 unspecified atom stereocenters. The van der Waals surface area contributed by atoms with Gasteiger partial charge in [-0.2, -0.15) is 0 Å². The molecule has 0 bridgehead atoms. The molecule has 4 amide bonds. The van der Waals surface area contributed by atoms with Gasteiger partial charge in [-0.1, -0.05) is 18.2 Å². The van der Waals surface area contributed by atoms with E-state index in [2.05, 4.69) is 11.9 Å². The summed E-state index contributed by atoms with van der Waals surface area (Å²) < 4.78 is 35.5. The Morgan fingerprint density at radius 3 is 2.56 bits per heavy atom. The second-order valence-electron chi connectivity index (χ2n) is 8.61. The highest BCUT2D eigenvalue weighted by atomic mass is 19.1. The highest BCUT2D eigenvalue weighted by Gasteiger charge is 2.37. The van der Waals surface area contributed by atoms with Gasteiger partial charge in [-0.3, -0.25) is 14.9 Å². The van der Waals surface area contributed by atoms with Crippen molar-refractivity contribution in [3.05, 3.63) is 95.3 Å². The molecule has 5 rings (SSSR count). The molecule has 9 nitrogen and oxygen atoms in total. The summed E-state index contributed by atoms with van der Waals surface area (Å²) >= 11 is 0. The number of rotatable bonds is 8. The van der Waals surface area contributed by atoms with E-state index in [-0.39, 0.29) is 30.5 Å². The van der Waals surface area contributed by atoms with E-state index in [9.17, 15) is 18.8 Å². The number of anilines is 1. The van der Waals surface area contributed by atoms with E-state index >= 15 is 0 Å². The molecule has 1 fully saturated rings. The Balaban J connectivity index is 1.47. The summed E-state index contributed by atoms with van der Waals surface area (Å²) in [5.74, 6) is -0.312.